The van der Waals surface area contributed by atoms with Crippen LogP contribution in [0.25, 0.3) is 0 Å². The Labute approximate surface area is 204 Å². The highest BCUT2D eigenvalue weighted by atomic mass is 19.2. The van der Waals surface area contributed by atoms with Crippen LogP contribution >= 0.6 is 0 Å². The number of ether oxygens (including phenoxy) is 4. The second kappa shape index (κ2) is 15.0. The van der Waals surface area contributed by atoms with Gasteiger partial charge in [-0.3, -0.25) is 4.79 Å². The first kappa shape index (κ1) is 29.0. The smallest absolute Gasteiger partial charge is 0.338 e. The Bertz CT molecular complexity index is 990. The monoisotopic (exact) mass is 519 g/mol. The lowest BCUT2D eigenvalue weighted by Crippen LogP contribution is -2.16. The van der Waals surface area contributed by atoms with Crippen LogP contribution in [0, 0.1) is 29.1 Å². The van der Waals surface area contributed by atoms with Gasteiger partial charge >= 0.3 is 11.9 Å². The van der Waals surface area contributed by atoms with Gasteiger partial charge in [0.25, 0.3) is 0 Å². The minimum absolute atomic E-state index is 0.00355. The molecule has 0 atom stereocenters. The third-order valence-corrected chi connectivity index (χ3v) is 4.65. The van der Waals surface area contributed by atoms with E-state index in [0.29, 0.717) is 5.56 Å². The molecule has 7 nitrogen and oxygen atoms in total. The maximum atomic E-state index is 13.5. The molecule has 0 radical (unpaired) electrons. The van der Waals surface area contributed by atoms with Gasteiger partial charge < -0.3 is 24.3 Å². The normalized spacial score (nSPS) is 10.8. The summed E-state index contributed by atoms with van der Waals surface area (Å²) in [5.74, 6) is -14.7. The van der Waals surface area contributed by atoms with Crippen LogP contribution in [-0.4, -0.2) is 51.5 Å². The summed E-state index contributed by atoms with van der Waals surface area (Å²) in [6.07, 6.45) is 1.62. The van der Waals surface area contributed by atoms with Crippen LogP contribution in [0.1, 0.15) is 36.5 Å². The van der Waals surface area contributed by atoms with Crippen molar-refractivity contribution >= 4 is 17.6 Å². The number of unbranched alkanes of at least 4 members (excludes halogenated alkanes) is 1. The molecule has 0 aliphatic heterocycles. The molecule has 198 valence electrons. The first-order chi connectivity index (χ1) is 17.3. The number of halogens is 5. The Hall–Kier alpha value is -3.25. The van der Waals surface area contributed by atoms with Crippen molar-refractivity contribution in [3.8, 4) is 5.75 Å². The largest absolute Gasteiger partial charge is 0.460 e. The Morgan fingerprint density at radius 3 is 1.94 bits per heavy atom. The molecule has 0 amide bonds. The van der Waals surface area contributed by atoms with Crippen LogP contribution in [-0.2, 0) is 19.0 Å². The average molecular weight is 519 g/mol. The van der Waals surface area contributed by atoms with Gasteiger partial charge in [0.05, 0.1) is 38.4 Å². The third kappa shape index (κ3) is 8.76. The zero-order chi connectivity index (χ0) is 26.5. The summed E-state index contributed by atoms with van der Waals surface area (Å²) in [5.41, 5.74) is 1.31. The summed E-state index contributed by atoms with van der Waals surface area (Å²) in [4.78, 5) is 23.6. The van der Waals surface area contributed by atoms with Crippen molar-refractivity contribution in [1.82, 2.24) is 0 Å². The second-order valence-corrected chi connectivity index (χ2v) is 7.34. The van der Waals surface area contributed by atoms with Crippen molar-refractivity contribution in [2.24, 2.45) is 0 Å². The van der Waals surface area contributed by atoms with E-state index in [0.717, 1.165) is 25.1 Å². The lowest BCUT2D eigenvalue weighted by Gasteiger charge is -2.09. The van der Waals surface area contributed by atoms with Crippen molar-refractivity contribution in [2.75, 3.05) is 44.9 Å². The molecule has 0 unspecified atom stereocenters. The van der Waals surface area contributed by atoms with Crippen LogP contribution in [0.5, 0.6) is 5.75 Å². The van der Waals surface area contributed by atoms with Gasteiger partial charge in [-0.25, -0.2) is 18.0 Å². The Kier molecular flexibility index (Phi) is 12.1. The van der Waals surface area contributed by atoms with E-state index in [4.69, 9.17) is 14.2 Å². The Morgan fingerprint density at radius 2 is 1.33 bits per heavy atom. The van der Waals surface area contributed by atoms with E-state index in [1.165, 1.54) is 0 Å². The van der Waals surface area contributed by atoms with E-state index >= 15 is 0 Å². The van der Waals surface area contributed by atoms with Crippen LogP contribution in [0.15, 0.2) is 24.3 Å². The lowest BCUT2D eigenvalue weighted by molar-refractivity contribution is -0.136. The topological polar surface area (TPSA) is 83.1 Å². The summed E-state index contributed by atoms with van der Waals surface area (Å²) in [5, 5.41) is 3.24. The molecule has 2 rings (SSSR count). The van der Waals surface area contributed by atoms with Crippen molar-refractivity contribution < 1.29 is 50.5 Å². The van der Waals surface area contributed by atoms with Gasteiger partial charge in [-0.15, -0.1) is 0 Å². The number of nitrogens with one attached hydrogen (secondary N) is 1. The highest BCUT2D eigenvalue weighted by Crippen LogP contribution is 2.29. The minimum Gasteiger partial charge on any atom is -0.460 e. The molecule has 0 spiro atoms. The molecule has 0 bridgehead atoms. The molecule has 0 aliphatic rings. The van der Waals surface area contributed by atoms with E-state index in [1.807, 2.05) is 0 Å². The van der Waals surface area contributed by atoms with Gasteiger partial charge in [0.2, 0.25) is 34.8 Å². The number of hydrogen-bond acceptors (Lipinski definition) is 7. The molecule has 12 heteroatoms. The molecule has 0 saturated carbocycles. The maximum absolute atomic E-state index is 13.5. The number of hydrogen-bond donors (Lipinski definition) is 1. The van der Waals surface area contributed by atoms with E-state index in [1.54, 1.807) is 24.3 Å². The van der Waals surface area contributed by atoms with Crippen LogP contribution in [0.3, 0.4) is 0 Å². The number of benzene rings is 2. The van der Waals surface area contributed by atoms with Gasteiger partial charge in [0.1, 0.15) is 6.61 Å². The molecule has 0 aromatic heterocycles. The van der Waals surface area contributed by atoms with Gasteiger partial charge in [-0.2, -0.15) is 8.78 Å². The number of esters is 2. The standard InChI is InChI=1S/C24H26F5NO6/c1-2-3-9-30-16-6-4-15(5-7-16)24(32)35-14-13-34-12-11-33-10-8-17(31)36-23-21(28)19(26)18(25)20(27)22(23)29/h4-7,30H,2-3,8-14H2,1H3. The van der Waals surface area contributed by atoms with E-state index in [2.05, 4.69) is 17.0 Å². The van der Waals surface area contributed by atoms with Crippen molar-refractivity contribution in [1.29, 1.82) is 0 Å². The molecule has 1 N–H and O–H groups in total. The quantitative estimate of drug-likeness (QED) is 0.0906. The van der Waals surface area contributed by atoms with E-state index in [-0.39, 0.29) is 33.0 Å². The molecule has 0 heterocycles. The fraction of sp³-hybridized carbons (Fsp3) is 0.417. The second-order valence-electron chi connectivity index (χ2n) is 7.34. The molecule has 2 aromatic carbocycles. The first-order valence-corrected chi connectivity index (χ1v) is 11.1. The number of anilines is 1. The molecule has 0 saturated heterocycles. The minimum atomic E-state index is -2.35. The highest BCUT2D eigenvalue weighted by molar-refractivity contribution is 5.89. The fourth-order valence-electron chi connectivity index (χ4n) is 2.73. The van der Waals surface area contributed by atoms with Crippen molar-refractivity contribution in [2.45, 2.75) is 26.2 Å². The van der Waals surface area contributed by atoms with Crippen molar-refractivity contribution in [3.63, 3.8) is 0 Å². The molecule has 0 fully saturated rings. The predicted octanol–water partition coefficient (Wildman–Crippen LogP) is 4.78. The van der Waals surface area contributed by atoms with Crippen LogP contribution < -0.4 is 10.1 Å². The summed E-state index contributed by atoms with van der Waals surface area (Å²) < 4.78 is 85.8. The molecular weight excluding hydrogens is 493 g/mol. The van der Waals surface area contributed by atoms with Crippen LogP contribution in [0.2, 0.25) is 0 Å². The molecule has 2 aromatic rings. The fourth-order valence-corrected chi connectivity index (χ4v) is 2.73. The zero-order valence-corrected chi connectivity index (χ0v) is 19.5. The van der Waals surface area contributed by atoms with Gasteiger partial charge in [-0.1, -0.05) is 13.3 Å². The molecule has 36 heavy (non-hydrogen) atoms. The highest BCUT2D eigenvalue weighted by Gasteiger charge is 2.28. The predicted molar refractivity (Wildman–Crippen MR) is 118 cm³/mol. The third-order valence-electron chi connectivity index (χ3n) is 4.65. The first-order valence-electron chi connectivity index (χ1n) is 11.1. The lowest BCUT2D eigenvalue weighted by atomic mass is 10.2. The molecule has 0 aliphatic carbocycles. The van der Waals surface area contributed by atoms with Gasteiger partial charge in [0, 0.05) is 12.2 Å². The van der Waals surface area contributed by atoms with Crippen LogP contribution in [0.4, 0.5) is 27.6 Å². The van der Waals surface area contributed by atoms with Gasteiger partial charge in [0.15, 0.2) is 0 Å². The maximum Gasteiger partial charge on any atom is 0.338 e. The Balaban J connectivity index is 1.56. The van der Waals surface area contributed by atoms with Crippen molar-refractivity contribution in [3.05, 3.63) is 58.9 Å². The SMILES string of the molecule is CCCCNc1ccc(C(=O)OCCOCCOCCC(=O)Oc2c(F)c(F)c(F)c(F)c2F)cc1. The molecular formula is C24H26F5NO6. The summed E-state index contributed by atoms with van der Waals surface area (Å²) >= 11 is 0. The summed E-state index contributed by atoms with van der Waals surface area (Å²) in [7, 11) is 0. The number of carbonyl (C=O) groups excluding carboxylic acids is 2. The van der Waals surface area contributed by atoms with E-state index in [9.17, 15) is 31.5 Å². The summed E-state index contributed by atoms with van der Waals surface area (Å²) in [6.45, 7) is 2.90. The van der Waals surface area contributed by atoms with Gasteiger partial charge in [-0.05, 0) is 30.7 Å². The summed E-state index contributed by atoms with van der Waals surface area (Å²) in [6, 6.07) is 6.89. The number of rotatable bonds is 15. The number of carbonyl (C=O) groups is 2. The Morgan fingerprint density at radius 1 is 0.778 bits per heavy atom. The zero-order valence-electron chi connectivity index (χ0n) is 19.5. The van der Waals surface area contributed by atoms with E-state index < -0.39 is 53.2 Å². The average Bonchev–Trinajstić information content (AvgIpc) is 2.88.